The van der Waals surface area contributed by atoms with Crippen molar-refractivity contribution in [2.75, 3.05) is 11.6 Å². The zero-order chi connectivity index (χ0) is 23.1. The largest absolute Gasteiger partial charge is 0.457 e. The standard InChI is InChI=1S/C22H18FN7O2S/c1-12-6-15(28-21-20-17(25-10-26-21)9-24-22(29-20)33(3)31)14(23)8-19(12)32-13-4-5-18-16(7-13)27-11-30(18)2/h4-11H,1-3H3,(H,25,26,28). The Kier molecular flexibility index (Phi) is 5.17. The number of nitrogens with zero attached hydrogens (tertiary/aromatic N) is 6. The molecule has 0 spiro atoms. The predicted molar refractivity (Wildman–Crippen MR) is 123 cm³/mol. The van der Waals surface area contributed by atoms with Crippen molar-refractivity contribution in [3.63, 3.8) is 0 Å². The summed E-state index contributed by atoms with van der Waals surface area (Å²) in [5.74, 6) is 0.686. The Labute approximate surface area is 190 Å². The maximum atomic E-state index is 15.0. The summed E-state index contributed by atoms with van der Waals surface area (Å²) in [5.41, 5.74) is 3.46. The third-order valence-electron chi connectivity index (χ3n) is 5.05. The van der Waals surface area contributed by atoms with E-state index in [0.29, 0.717) is 28.1 Å². The molecule has 2 aromatic carbocycles. The van der Waals surface area contributed by atoms with Gasteiger partial charge in [0.2, 0.25) is 5.16 Å². The minimum absolute atomic E-state index is 0.144. The summed E-state index contributed by atoms with van der Waals surface area (Å²) in [7, 11) is 0.533. The van der Waals surface area contributed by atoms with Crippen molar-refractivity contribution in [3.05, 3.63) is 60.6 Å². The first kappa shape index (κ1) is 20.9. The van der Waals surface area contributed by atoms with E-state index in [9.17, 15) is 8.60 Å². The lowest BCUT2D eigenvalue weighted by atomic mass is 10.2. The van der Waals surface area contributed by atoms with E-state index in [1.165, 1.54) is 24.8 Å². The highest BCUT2D eigenvalue weighted by Gasteiger charge is 2.14. The van der Waals surface area contributed by atoms with Gasteiger partial charge in [-0.25, -0.2) is 29.3 Å². The number of fused-ring (bicyclic) bond motifs is 2. The lowest BCUT2D eigenvalue weighted by Gasteiger charge is -2.13. The van der Waals surface area contributed by atoms with Crippen LogP contribution >= 0.6 is 0 Å². The minimum Gasteiger partial charge on any atom is -0.457 e. The van der Waals surface area contributed by atoms with Crippen LogP contribution in [0.1, 0.15) is 5.56 Å². The summed E-state index contributed by atoms with van der Waals surface area (Å²) in [6.45, 7) is 1.82. The normalized spacial score (nSPS) is 12.2. The average Bonchev–Trinajstić information content (AvgIpc) is 3.17. The van der Waals surface area contributed by atoms with Gasteiger partial charge in [-0.2, -0.15) is 0 Å². The highest BCUT2D eigenvalue weighted by molar-refractivity contribution is 7.84. The maximum Gasteiger partial charge on any atom is 0.218 e. The molecule has 166 valence electrons. The topological polar surface area (TPSA) is 108 Å². The SMILES string of the molecule is Cc1cc(Nc2ncnc3cnc(S(C)=O)nc23)c(F)cc1Oc1ccc2c(c1)ncn2C. The molecule has 33 heavy (non-hydrogen) atoms. The van der Waals surface area contributed by atoms with Crippen LogP contribution in [0.3, 0.4) is 0 Å². The number of halogens is 1. The number of nitrogens with one attached hydrogen (secondary N) is 1. The van der Waals surface area contributed by atoms with Gasteiger partial charge in [0.05, 0.1) is 40.0 Å². The van der Waals surface area contributed by atoms with E-state index >= 15 is 0 Å². The first-order valence-electron chi connectivity index (χ1n) is 9.86. The Morgan fingerprint density at radius 2 is 1.94 bits per heavy atom. The van der Waals surface area contributed by atoms with Crippen molar-refractivity contribution in [2.24, 2.45) is 7.05 Å². The molecule has 3 heterocycles. The van der Waals surface area contributed by atoms with Gasteiger partial charge in [-0.15, -0.1) is 0 Å². The molecule has 9 nitrogen and oxygen atoms in total. The molecule has 0 radical (unpaired) electrons. The summed E-state index contributed by atoms with van der Waals surface area (Å²) in [5, 5.41) is 3.10. The molecule has 0 aliphatic carbocycles. The third kappa shape index (κ3) is 3.98. The molecule has 0 bridgehead atoms. The summed E-state index contributed by atoms with van der Waals surface area (Å²) in [6.07, 6.45) is 5.99. The lowest BCUT2D eigenvalue weighted by molar-refractivity contribution is 0.474. The monoisotopic (exact) mass is 463 g/mol. The molecule has 0 aliphatic rings. The minimum atomic E-state index is -1.38. The molecule has 11 heteroatoms. The molecule has 0 aliphatic heterocycles. The molecule has 5 aromatic rings. The van der Waals surface area contributed by atoms with E-state index in [1.807, 2.05) is 30.7 Å². The molecule has 1 N–H and O–H groups in total. The van der Waals surface area contributed by atoms with Crippen LogP contribution in [0.15, 0.2) is 54.3 Å². The smallest absolute Gasteiger partial charge is 0.218 e. The van der Waals surface area contributed by atoms with Crippen molar-refractivity contribution in [1.82, 2.24) is 29.5 Å². The van der Waals surface area contributed by atoms with Crippen molar-refractivity contribution in [2.45, 2.75) is 12.1 Å². The summed E-state index contributed by atoms with van der Waals surface area (Å²) < 4.78 is 34.6. The fourth-order valence-corrected chi connectivity index (χ4v) is 3.79. The predicted octanol–water partition coefficient (Wildman–Crippen LogP) is 4.03. The summed E-state index contributed by atoms with van der Waals surface area (Å²) in [6, 6.07) is 8.46. The zero-order valence-electron chi connectivity index (χ0n) is 17.9. The second kappa shape index (κ2) is 8.17. The van der Waals surface area contributed by atoms with Gasteiger partial charge >= 0.3 is 0 Å². The van der Waals surface area contributed by atoms with Crippen molar-refractivity contribution in [1.29, 1.82) is 0 Å². The Balaban J connectivity index is 1.46. The fraction of sp³-hybridized carbons (Fsp3) is 0.136. The number of anilines is 2. The van der Waals surface area contributed by atoms with Crippen molar-refractivity contribution < 1.29 is 13.3 Å². The number of ether oxygens (including phenoxy) is 1. The molecular weight excluding hydrogens is 445 g/mol. The van der Waals surface area contributed by atoms with E-state index < -0.39 is 16.6 Å². The van der Waals surface area contributed by atoms with Crippen LogP contribution in [-0.4, -0.2) is 40.0 Å². The van der Waals surface area contributed by atoms with Crippen LogP contribution < -0.4 is 10.1 Å². The lowest BCUT2D eigenvalue weighted by Crippen LogP contribution is -2.03. The first-order chi connectivity index (χ1) is 15.9. The molecule has 1 unspecified atom stereocenters. The summed E-state index contributed by atoms with van der Waals surface area (Å²) in [4.78, 5) is 20.9. The quantitative estimate of drug-likeness (QED) is 0.389. The second-order valence-electron chi connectivity index (χ2n) is 7.39. The molecule has 3 aromatic heterocycles. The van der Waals surface area contributed by atoms with Gasteiger partial charge in [-0.1, -0.05) is 0 Å². The van der Waals surface area contributed by atoms with Gasteiger partial charge in [0.25, 0.3) is 0 Å². The molecular formula is C22H18FN7O2S. The van der Waals surface area contributed by atoms with E-state index in [2.05, 4.69) is 30.2 Å². The Morgan fingerprint density at radius 1 is 1.09 bits per heavy atom. The average molecular weight is 463 g/mol. The van der Waals surface area contributed by atoms with Gasteiger partial charge < -0.3 is 14.6 Å². The van der Waals surface area contributed by atoms with Crippen LogP contribution in [0.2, 0.25) is 0 Å². The number of aromatic nitrogens is 6. The Hall–Kier alpha value is -3.99. The second-order valence-corrected chi connectivity index (χ2v) is 8.67. The number of imidazole rings is 1. The first-order valence-corrected chi connectivity index (χ1v) is 11.4. The number of benzene rings is 2. The van der Waals surface area contributed by atoms with Crippen LogP contribution in [0.25, 0.3) is 22.1 Å². The number of hydrogen-bond donors (Lipinski definition) is 1. The number of hydrogen-bond acceptors (Lipinski definition) is 8. The van der Waals surface area contributed by atoms with Crippen LogP contribution in [0.5, 0.6) is 11.5 Å². The van der Waals surface area contributed by atoms with Crippen LogP contribution in [-0.2, 0) is 17.8 Å². The third-order valence-corrected chi connectivity index (χ3v) is 5.77. The molecule has 0 fully saturated rings. The highest BCUT2D eigenvalue weighted by atomic mass is 32.2. The Bertz CT molecular complexity index is 1550. The summed E-state index contributed by atoms with van der Waals surface area (Å²) >= 11 is 0. The van der Waals surface area contributed by atoms with Gasteiger partial charge in [0.15, 0.2) is 5.82 Å². The van der Waals surface area contributed by atoms with Gasteiger partial charge in [-0.3, -0.25) is 4.21 Å². The Morgan fingerprint density at radius 3 is 2.76 bits per heavy atom. The van der Waals surface area contributed by atoms with E-state index in [-0.39, 0.29) is 16.7 Å². The molecule has 5 rings (SSSR count). The van der Waals surface area contributed by atoms with Crippen molar-refractivity contribution >= 4 is 44.4 Å². The highest BCUT2D eigenvalue weighted by Crippen LogP contribution is 2.32. The maximum absolute atomic E-state index is 15.0. The molecule has 0 saturated heterocycles. The van der Waals surface area contributed by atoms with E-state index in [4.69, 9.17) is 4.74 Å². The van der Waals surface area contributed by atoms with E-state index in [1.54, 1.807) is 18.5 Å². The van der Waals surface area contributed by atoms with Crippen LogP contribution in [0, 0.1) is 12.7 Å². The number of aryl methyl sites for hydroxylation is 2. The number of rotatable bonds is 5. The fourth-order valence-electron chi connectivity index (χ4n) is 3.37. The van der Waals surface area contributed by atoms with Gasteiger partial charge in [0.1, 0.15) is 34.7 Å². The van der Waals surface area contributed by atoms with Gasteiger partial charge in [0, 0.05) is 25.4 Å². The van der Waals surface area contributed by atoms with E-state index in [0.717, 1.165) is 11.0 Å². The van der Waals surface area contributed by atoms with Gasteiger partial charge in [-0.05, 0) is 30.7 Å². The zero-order valence-corrected chi connectivity index (χ0v) is 18.7. The molecule has 1 atom stereocenters. The van der Waals surface area contributed by atoms with Crippen LogP contribution in [0.4, 0.5) is 15.9 Å². The van der Waals surface area contributed by atoms with Crippen molar-refractivity contribution in [3.8, 4) is 11.5 Å². The molecule has 0 amide bonds. The molecule has 0 saturated carbocycles.